The highest BCUT2D eigenvalue weighted by Crippen LogP contribution is 2.16. The molecule has 4 heteroatoms. The minimum atomic E-state index is 0.559. The lowest BCUT2D eigenvalue weighted by atomic mass is 10.3. The zero-order valence-corrected chi connectivity index (χ0v) is 6.46. The molecule has 0 amide bonds. The van der Waals surface area contributed by atoms with Crippen molar-refractivity contribution in [3.63, 3.8) is 0 Å². The molecule has 0 aromatic carbocycles. The van der Waals surface area contributed by atoms with Crippen molar-refractivity contribution >= 4 is 5.69 Å². The number of anilines is 1. The predicted octanol–water partition coefficient (Wildman–Crippen LogP) is 1.20. The summed E-state index contributed by atoms with van der Waals surface area (Å²) < 4.78 is 4.92. The fourth-order valence-electron chi connectivity index (χ4n) is 0.837. The predicted molar refractivity (Wildman–Crippen MR) is 40.9 cm³/mol. The number of aromatic nitrogens is 1. The van der Waals surface area contributed by atoms with Gasteiger partial charge in [-0.3, -0.25) is 10.7 Å². The first-order valence-electron chi connectivity index (χ1n) is 3.18. The number of pyridine rings is 1. The molecule has 1 aromatic rings. The van der Waals surface area contributed by atoms with E-state index in [9.17, 15) is 0 Å². The number of hydrogen-bond acceptors (Lipinski definition) is 4. The minimum absolute atomic E-state index is 0.559. The molecule has 0 saturated carbocycles. The first-order valence-corrected chi connectivity index (χ1v) is 3.18. The van der Waals surface area contributed by atoms with Crippen LogP contribution >= 0.6 is 0 Å². The van der Waals surface area contributed by atoms with Crippen molar-refractivity contribution < 1.29 is 9.94 Å². The van der Waals surface area contributed by atoms with Gasteiger partial charge in [0, 0.05) is 5.56 Å². The summed E-state index contributed by atoms with van der Waals surface area (Å²) in [7, 11) is 1.56. The van der Waals surface area contributed by atoms with Crippen molar-refractivity contribution in [1.29, 1.82) is 0 Å². The second-order valence-electron chi connectivity index (χ2n) is 2.16. The van der Waals surface area contributed by atoms with Crippen molar-refractivity contribution in [3.05, 3.63) is 17.8 Å². The van der Waals surface area contributed by atoms with E-state index < -0.39 is 0 Å². The fourth-order valence-corrected chi connectivity index (χ4v) is 0.837. The van der Waals surface area contributed by atoms with Gasteiger partial charge in [0.05, 0.1) is 19.0 Å². The van der Waals surface area contributed by atoms with Crippen LogP contribution in [0.1, 0.15) is 5.56 Å². The molecule has 60 valence electrons. The normalized spacial score (nSPS) is 9.36. The van der Waals surface area contributed by atoms with Crippen molar-refractivity contribution in [1.82, 2.24) is 4.98 Å². The largest absolute Gasteiger partial charge is 0.481 e. The zero-order chi connectivity index (χ0) is 8.27. The summed E-state index contributed by atoms with van der Waals surface area (Å²) in [6, 6.07) is 1.74. The number of aryl methyl sites for hydroxylation is 1. The standard InChI is InChI=1S/C7H10N2O2/c1-5-3-6(9-10)4-8-7(5)11-2/h3-4,9-10H,1-2H3. The van der Waals surface area contributed by atoms with E-state index in [-0.39, 0.29) is 0 Å². The van der Waals surface area contributed by atoms with E-state index in [1.165, 1.54) is 6.20 Å². The van der Waals surface area contributed by atoms with Gasteiger partial charge in [-0.1, -0.05) is 0 Å². The molecule has 0 spiro atoms. The molecule has 0 aliphatic rings. The van der Waals surface area contributed by atoms with E-state index in [0.717, 1.165) is 5.56 Å². The molecular formula is C7H10N2O2. The lowest BCUT2D eigenvalue weighted by molar-refractivity contribution is 0.384. The molecule has 0 saturated heterocycles. The highest BCUT2D eigenvalue weighted by molar-refractivity contribution is 5.44. The highest BCUT2D eigenvalue weighted by Gasteiger charge is 1.99. The first-order chi connectivity index (χ1) is 5.27. The maximum absolute atomic E-state index is 8.49. The number of ether oxygens (including phenoxy) is 1. The summed E-state index contributed by atoms with van der Waals surface area (Å²) in [5.74, 6) is 0.573. The Morgan fingerprint density at radius 2 is 2.36 bits per heavy atom. The van der Waals surface area contributed by atoms with Crippen LogP contribution in [0.4, 0.5) is 5.69 Å². The van der Waals surface area contributed by atoms with Gasteiger partial charge in [-0.2, -0.15) is 0 Å². The second-order valence-corrected chi connectivity index (χ2v) is 2.16. The van der Waals surface area contributed by atoms with Gasteiger partial charge in [-0.05, 0) is 13.0 Å². The summed E-state index contributed by atoms with van der Waals surface area (Å²) in [5.41, 5.74) is 3.44. The second kappa shape index (κ2) is 3.21. The van der Waals surface area contributed by atoms with Crippen LogP contribution in [-0.4, -0.2) is 17.3 Å². The SMILES string of the molecule is COc1ncc(NO)cc1C. The Kier molecular flexibility index (Phi) is 2.28. The fraction of sp³-hybridized carbons (Fsp3) is 0.286. The van der Waals surface area contributed by atoms with Gasteiger partial charge in [-0.15, -0.1) is 0 Å². The molecule has 0 unspecified atom stereocenters. The quantitative estimate of drug-likeness (QED) is 0.628. The molecule has 1 aromatic heterocycles. The van der Waals surface area contributed by atoms with Crippen molar-refractivity contribution in [2.24, 2.45) is 0 Å². The van der Waals surface area contributed by atoms with Gasteiger partial charge in [0.1, 0.15) is 0 Å². The third-order valence-electron chi connectivity index (χ3n) is 1.35. The molecule has 1 heterocycles. The lowest BCUT2D eigenvalue weighted by Crippen LogP contribution is -1.94. The van der Waals surface area contributed by atoms with E-state index in [0.29, 0.717) is 11.6 Å². The summed E-state index contributed by atoms with van der Waals surface area (Å²) >= 11 is 0. The molecule has 0 aliphatic heterocycles. The van der Waals surface area contributed by atoms with Crippen molar-refractivity contribution in [2.75, 3.05) is 12.6 Å². The lowest BCUT2D eigenvalue weighted by Gasteiger charge is -2.03. The number of nitrogens with zero attached hydrogens (tertiary/aromatic N) is 1. The van der Waals surface area contributed by atoms with E-state index in [1.807, 2.05) is 12.4 Å². The summed E-state index contributed by atoms with van der Waals surface area (Å²) in [4.78, 5) is 3.92. The smallest absolute Gasteiger partial charge is 0.216 e. The van der Waals surface area contributed by atoms with Crippen LogP contribution in [0, 0.1) is 6.92 Å². The molecule has 11 heavy (non-hydrogen) atoms. The van der Waals surface area contributed by atoms with Crippen LogP contribution in [0.2, 0.25) is 0 Å². The highest BCUT2D eigenvalue weighted by atomic mass is 16.5. The van der Waals surface area contributed by atoms with Gasteiger partial charge in [0.25, 0.3) is 0 Å². The van der Waals surface area contributed by atoms with Crippen LogP contribution in [0.15, 0.2) is 12.3 Å². The maximum Gasteiger partial charge on any atom is 0.216 e. The number of nitrogens with one attached hydrogen (secondary N) is 1. The molecule has 0 radical (unpaired) electrons. The topological polar surface area (TPSA) is 54.4 Å². The molecule has 2 N–H and O–H groups in total. The van der Waals surface area contributed by atoms with Crippen molar-refractivity contribution in [2.45, 2.75) is 6.92 Å². The Balaban J connectivity index is 2.99. The zero-order valence-electron chi connectivity index (χ0n) is 6.46. The van der Waals surface area contributed by atoms with Gasteiger partial charge in [-0.25, -0.2) is 4.98 Å². The van der Waals surface area contributed by atoms with Crippen molar-refractivity contribution in [3.8, 4) is 5.88 Å². The van der Waals surface area contributed by atoms with Gasteiger partial charge >= 0.3 is 0 Å². The van der Waals surface area contributed by atoms with Crippen LogP contribution < -0.4 is 10.2 Å². The average Bonchev–Trinajstić information content (AvgIpc) is 2.04. The third kappa shape index (κ3) is 1.59. The van der Waals surface area contributed by atoms with Crippen LogP contribution in [0.5, 0.6) is 5.88 Å². The van der Waals surface area contributed by atoms with Gasteiger partial charge in [0.15, 0.2) is 0 Å². The molecule has 0 aliphatic carbocycles. The Labute approximate surface area is 64.8 Å². The molecule has 0 atom stereocenters. The molecule has 0 fully saturated rings. The summed E-state index contributed by atoms with van der Waals surface area (Å²) in [5, 5.41) is 8.49. The van der Waals surface area contributed by atoms with Crippen LogP contribution in [0.3, 0.4) is 0 Å². The van der Waals surface area contributed by atoms with Crippen LogP contribution in [0.25, 0.3) is 0 Å². The maximum atomic E-state index is 8.49. The molecule has 1 rings (SSSR count). The Morgan fingerprint density at radius 3 is 2.82 bits per heavy atom. The number of methoxy groups -OCH3 is 1. The Morgan fingerprint density at radius 1 is 1.64 bits per heavy atom. The molecular weight excluding hydrogens is 144 g/mol. The first kappa shape index (κ1) is 7.81. The molecule has 4 nitrogen and oxygen atoms in total. The monoisotopic (exact) mass is 154 g/mol. The van der Waals surface area contributed by atoms with E-state index in [4.69, 9.17) is 9.94 Å². The average molecular weight is 154 g/mol. The third-order valence-corrected chi connectivity index (χ3v) is 1.35. The van der Waals surface area contributed by atoms with Gasteiger partial charge in [0.2, 0.25) is 5.88 Å². The number of rotatable bonds is 2. The Hall–Kier alpha value is -1.29. The van der Waals surface area contributed by atoms with E-state index in [1.54, 1.807) is 13.2 Å². The van der Waals surface area contributed by atoms with Crippen LogP contribution in [-0.2, 0) is 0 Å². The van der Waals surface area contributed by atoms with Gasteiger partial charge < -0.3 is 4.74 Å². The summed E-state index contributed by atoms with van der Waals surface area (Å²) in [6.07, 6.45) is 1.49. The minimum Gasteiger partial charge on any atom is -0.481 e. The molecule has 0 bridgehead atoms. The number of hydrogen-bond donors (Lipinski definition) is 2. The van der Waals surface area contributed by atoms with E-state index in [2.05, 4.69) is 4.98 Å². The summed E-state index contributed by atoms with van der Waals surface area (Å²) in [6.45, 7) is 1.85. The Bertz CT molecular complexity index is 250. The van der Waals surface area contributed by atoms with E-state index >= 15 is 0 Å².